The van der Waals surface area contributed by atoms with E-state index in [0.717, 1.165) is 0 Å². The summed E-state index contributed by atoms with van der Waals surface area (Å²) >= 11 is 5.33. The second kappa shape index (κ2) is 4.57. The highest BCUT2D eigenvalue weighted by molar-refractivity contribution is 6.67. The number of benzene rings is 1. The van der Waals surface area contributed by atoms with Gasteiger partial charge in [-0.15, -0.1) is 0 Å². The Balaban J connectivity index is 2.89. The Bertz CT molecular complexity index is 357. The molecule has 0 aliphatic carbocycles. The monoisotopic (exact) mass is 233 g/mol. The molecule has 0 fully saturated rings. The first-order valence-electron chi connectivity index (χ1n) is 4.20. The molecule has 1 aromatic rings. The van der Waals surface area contributed by atoms with Crippen LogP contribution < -0.4 is 4.74 Å². The average molecular weight is 234 g/mol. The van der Waals surface area contributed by atoms with E-state index >= 15 is 0 Å². The molecule has 0 aromatic heterocycles. The van der Waals surface area contributed by atoms with Crippen LogP contribution in [0.5, 0.6) is 5.75 Å². The second-order valence-electron chi connectivity index (χ2n) is 2.99. The Morgan fingerprint density at radius 1 is 1.33 bits per heavy atom. The van der Waals surface area contributed by atoms with Crippen molar-refractivity contribution in [3.63, 3.8) is 0 Å². The smallest absolute Gasteiger partial charge is 0.297 e. The molecule has 0 aliphatic rings. The van der Waals surface area contributed by atoms with Crippen LogP contribution in [0, 0.1) is 0 Å². The maximum atomic E-state index is 12.7. The van der Waals surface area contributed by atoms with Crippen molar-refractivity contribution in [1.29, 1.82) is 0 Å². The Morgan fingerprint density at radius 2 is 1.87 bits per heavy atom. The summed E-state index contributed by atoms with van der Waals surface area (Å²) in [5.74, 6) is -2.48. The molecule has 0 amide bonds. The third-order valence-electron chi connectivity index (χ3n) is 1.66. The molecule has 15 heavy (non-hydrogen) atoms. The van der Waals surface area contributed by atoms with Crippen molar-refractivity contribution in [2.45, 2.75) is 12.8 Å². The molecular weight excluding hydrogens is 224 g/mol. The Labute approximate surface area is 91.5 Å². The topological polar surface area (TPSA) is 21.6 Å². The SMILES string of the molecule is COc1ccc(N=C(Cl)C(C)(F)F)cc1. The van der Waals surface area contributed by atoms with Crippen molar-refractivity contribution >= 4 is 22.5 Å². The molecule has 0 radical (unpaired) electrons. The molecular formula is C10H10ClF2NO. The second-order valence-corrected chi connectivity index (χ2v) is 3.35. The number of ether oxygens (including phenoxy) is 1. The van der Waals surface area contributed by atoms with Crippen LogP contribution in [0.15, 0.2) is 29.3 Å². The third kappa shape index (κ3) is 3.47. The minimum absolute atomic E-state index is 0.363. The van der Waals surface area contributed by atoms with Crippen molar-refractivity contribution in [1.82, 2.24) is 0 Å². The number of methoxy groups -OCH3 is 1. The molecule has 0 saturated heterocycles. The van der Waals surface area contributed by atoms with Gasteiger partial charge in [-0.05, 0) is 24.3 Å². The highest BCUT2D eigenvalue weighted by atomic mass is 35.5. The van der Waals surface area contributed by atoms with E-state index in [4.69, 9.17) is 16.3 Å². The van der Waals surface area contributed by atoms with Crippen LogP contribution in [-0.4, -0.2) is 18.2 Å². The normalized spacial score (nSPS) is 12.7. The number of alkyl halides is 2. The summed E-state index contributed by atoms with van der Waals surface area (Å²) < 4.78 is 30.2. The molecule has 0 spiro atoms. The lowest BCUT2D eigenvalue weighted by Crippen LogP contribution is -2.18. The minimum Gasteiger partial charge on any atom is -0.497 e. The summed E-state index contributed by atoms with van der Waals surface area (Å²) in [6, 6.07) is 6.34. The molecule has 0 N–H and O–H groups in total. The van der Waals surface area contributed by atoms with Gasteiger partial charge < -0.3 is 4.74 Å². The van der Waals surface area contributed by atoms with Gasteiger partial charge in [-0.1, -0.05) is 11.6 Å². The predicted octanol–water partition coefficient (Wildman–Crippen LogP) is 3.62. The van der Waals surface area contributed by atoms with E-state index in [9.17, 15) is 8.78 Å². The van der Waals surface area contributed by atoms with Gasteiger partial charge in [0.15, 0.2) is 5.17 Å². The molecule has 0 saturated carbocycles. The third-order valence-corrected chi connectivity index (χ3v) is 2.08. The van der Waals surface area contributed by atoms with Gasteiger partial charge in [0.2, 0.25) is 0 Å². The maximum absolute atomic E-state index is 12.7. The summed E-state index contributed by atoms with van der Waals surface area (Å²) in [5, 5.41) is -0.729. The summed E-state index contributed by atoms with van der Waals surface area (Å²) in [5.41, 5.74) is 0.363. The van der Waals surface area contributed by atoms with Gasteiger partial charge in [-0.25, -0.2) is 4.99 Å². The summed E-state index contributed by atoms with van der Waals surface area (Å²) in [4.78, 5) is 3.58. The Morgan fingerprint density at radius 3 is 2.27 bits per heavy atom. The summed E-state index contributed by atoms with van der Waals surface area (Å²) in [6.45, 7) is 0.697. The van der Waals surface area contributed by atoms with Crippen LogP contribution in [0.3, 0.4) is 0 Å². The largest absolute Gasteiger partial charge is 0.497 e. The van der Waals surface area contributed by atoms with Crippen LogP contribution in [0.2, 0.25) is 0 Å². The van der Waals surface area contributed by atoms with E-state index in [0.29, 0.717) is 18.4 Å². The van der Waals surface area contributed by atoms with Crippen LogP contribution >= 0.6 is 11.6 Å². The fourth-order valence-electron chi connectivity index (χ4n) is 0.868. The van der Waals surface area contributed by atoms with Crippen LogP contribution in [0.4, 0.5) is 14.5 Å². The van der Waals surface area contributed by atoms with Gasteiger partial charge in [-0.2, -0.15) is 8.78 Å². The quantitative estimate of drug-likeness (QED) is 0.731. The highest BCUT2D eigenvalue weighted by Gasteiger charge is 2.27. The zero-order chi connectivity index (χ0) is 11.5. The molecule has 1 aromatic carbocycles. The fraction of sp³-hybridized carbons (Fsp3) is 0.300. The van der Waals surface area contributed by atoms with Gasteiger partial charge >= 0.3 is 0 Å². The lowest BCUT2D eigenvalue weighted by Gasteiger charge is -2.07. The average Bonchev–Trinajstić information content (AvgIpc) is 2.17. The Hall–Kier alpha value is -1.16. The van der Waals surface area contributed by atoms with E-state index < -0.39 is 11.1 Å². The van der Waals surface area contributed by atoms with Crippen molar-refractivity contribution in [3.8, 4) is 5.75 Å². The van der Waals surface area contributed by atoms with E-state index in [-0.39, 0.29) is 0 Å². The number of halogens is 3. The molecule has 2 nitrogen and oxygen atoms in total. The standard InChI is InChI=1S/C10H10ClF2NO/c1-10(12,13)9(11)14-7-3-5-8(15-2)6-4-7/h3-6H,1-2H3. The molecule has 82 valence electrons. The fourth-order valence-corrected chi connectivity index (χ4v) is 0.966. The van der Waals surface area contributed by atoms with Crippen LogP contribution in [0.1, 0.15) is 6.92 Å². The summed E-state index contributed by atoms with van der Waals surface area (Å²) in [7, 11) is 1.52. The van der Waals surface area contributed by atoms with Crippen molar-refractivity contribution in [2.75, 3.05) is 7.11 Å². The molecule has 0 bridgehead atoms. The van der Waals surface area contributed by atoms with Crippen molar-refractivity contribution in [3.05, 3.63) is 24.3 Å². The van der Waals surface area contributed by atoms with Crippen molar-refractivity contribution < 1.29 is 13.5 Å². The molecule has 5 heteroatoms. The predicted molar refractivity (Wildman–Crippen MR) is 56.6 cm³/mol. The number of rotatable bonds is 3. The van der Waals surface area contributed by atoms with Gasteiger partial charge in [0, 0.05) is 6.92 Å². The zero-order valence-corrected chi connectivity index (χ0v) is 9.05. The first-order valence-corrected chi connectivity index (χ1v) is 4.58. The molecule has 0 aliphatic heterocycles. The van der Waals surface area contributed by atoms with Gasteiger partial charge in [0.05, 0.1) is 12.8 Å². The van der Waals surface area contributed by atoms with Crippen molar-refractivity contribution in [2.24, 2.45) is 4.99 Å². The number of hydrogen-bond donors (Lipinski definition) is 0. The zero-order valence-electron chi connectivity index (χ0n) is 8.30. The minimum atomic E-state index is -3.11. The van der Waals surface area contributed by atoms with Gasteiger partial charge in [-0.3, -0.25) is 0 Å². The molecule has 0 atom stereocenters. The Kier molecular flexibility index (Phi) is 3.63. The molecule has 0 heterocycles. The first kappa shape index (κ1) is 11.9. The van der Waals surface area contributed by atoms with Gasteiger partial charge in [0.1, 0.15) is 5.75 Å². The van der Waals surface area contributed by atoms with E-state index in [1.807, 2.05) is 0 Å². The highest BCUT2D eigenvalue weighted by Crippen LogP contribution is 2.23. The van der Waals surface area contributed by atoms with Gasteiger partial charge in [0.25, 0.3) is 5.92 Å². The molecule has 0 unspecified atom stereocenters. The van der Waals surface area contributed by atoms with E-state index in [2.05, 4.69) is 4.99 Å². The van der Waals surface area contributed by atoms with Crippen LogP contribution in [-0.2, 0) is 0 Å². The van der Waals surface area contributed by atoms with Crippen LogP contribution in [0.25, 0.3) is 0 Å². The van der Waals surface area contributed by atoms with E-state index in [1.165, 1.54) is 7.11 Å². The lowest BCUT2D eigenvalue weighted by molar-refractivity contribution is 0.104. The number of aliphatic imine (C=N–C) groups is 1. The molecule has 1 rings (SSSR count). The first-order chi connectivity index (χ1) is 6.93. The van der Waals surface area contributed by atoms with E-state index in [1.54, 1.807) is 24.3 Å². The number of hydrogen-bond acceptors (Lipinski definition) is 2. The lowest BCUT2D eigenvalue weighted by atomic mass is 10.3. The summed E-state index contributed by atoms with van der Waals surface area (Å²) in [6.07, 6.45) is 0. The maximum Gasteiger partial charge on any atom is 0.297 e. The number of nitrogens with zero attached hydrogens (tertiary/aromatic N) is 1.